The van der Waals surface area contributed by atoms with Gasteiger partial charge in [0.25, 0.3) is 11.5 Å². The highest BCUT2D eigenvalue weighted by Crippen LogP contribution is 2.31. The number of aromatic nitrogens is 6. The van der Waals surface area contributed by atoms with Crippen molar-refractivity contribution in [3.63, 3.8) is 0 Å². The minimum atomic E-state index is -0.631. The summed E-state index contributed by atoms with van der Waals surface area (Å²) in [6.45, 7) is 0.0106. The van der Waals surface area contributed by atoms with E-state index in [1.165, 1.54) is 34.5 Å². The third-order valence-electron chi connectivity index (χ3n) is 4.49. The molecule has 0 saturated carbocycles. The molecular weight excluding hydrogens is 394 g/mol. The van der Waals surface area contributed by atoms with Crippen LogP contribution in [0.2, 0.25) is 0 Å². The summed E-state index contributed by atoms with van der Waals surface area (Å²) in [7, 11) is 1.76. The van der Waals surface area contributed by atoms with E-state index in [2.05, 4.69) is 20.3 Å². The molecule has 4 rings (SSSR count). The predicted molar refractivity (Wildman–Crippen MR) is 109 cm³/mol. The highest BCUT2D eigenvalue weighted by Gasteiger charge is 2.20. The fraction of sp³-hybridized carbons (Fsp3) is 0.176. The van der Waals surface area contributed by atoms with E-state index in [4.69, 9.17) is 16.9 Å². The largest absolute Gasteiger partial charge is 0.405 e. The van der Waals surface area contributed by atoms with Crippen molar-refractivity contribution in [3.05, 3.63) is 51.3 Å². The zero-order valence-corrected chi connectivity index (χ0v) is 16.2. The summed E-state index contributed by atoms with van der Waals surface area (Å²) < 4.78 is 3.78. The average Bonchev–Trinajstić information content (AvgIpc) is 3.34. The van der Waals surface area contributed by atoms with Crippen LogP contribution in [-0.2, 0) is 20.0 Å². The number of hydrogen-bond acceptors (Lipinski definition) is 8. The second kappa shape index (κ2) is 6.98. The zero-order valence-electron chi connectivity index (χ0n) is 15.3. The lowest BCUT2D eigenvalue weighted by Crippen LogP contribution is -2.26. The number of amides is 1. The number of nitrogens with zero attached hydrogens (tertiary/aromatic N) is 5. The molecule has 4 aromatic heterocycles. The van der Waals surface area contributed by atoms with E-state index in [0.29, 0.717) is 34.4 Å². The van der Waals surface area contributed by atoms with Crippen LogP contribution in [0, 0.1) is 5.41 Å². The highest BCUT2D eigenvalue weighted by molar-refractivity contribution is 7.19. The second-order valence-electron chi connectivity index (χ2n) is 6.36. The summed E-state index contributed by atoms with van der Waals surface area (Å²) in [5.41, 5.74) is 12.3. The predicted octanol–water partition coefficient (Wildman–Crippen LogP) is 0.250. The Balaban J connectivity index is 1.78. The summed E-state index contributed by atoms with van der Waals surface area (Å²) in [6.07, 6.45) is 6.18. The van der Waals surface area contributed by atoms with Crippen LogP contribution in [0.5, 0.6) is 0 Å². The number of carbonyl (C=O) groups excluding carboxylic acids is 1. The van der Waals surface area contributed by atoms with Crippen molar-refractivity contribution >= 4 is 44.2 Å². The molecule has 0 atom stereocenters. The fourth-order valence-electron chi connectivity index (χ4n) is 3.15. The normalized spacial score (nSPS) is 11.8. The van der Waals surface area contributed by atoms with Crippen molar-refractivity contribution in [2.45, 2.75) is 13.0 Å². The standard InChI is InChI=1S/C17H17N9O2S/c1-25-13-10(14-16(25)23-12(29-14)4-8(19)2-3-18)6-22-26(17(13)28)7-11-9(15(20)27)5-21-24-11/h2-3,5-6,19H,4,7,18H2,1H3,(H2,20,27)(H,21,24)/b3-2-,19-8?. The molecule has 0 fully saturated rings. The van der Waals surface area contributed by atoms with Gasteiger partial charge in [0, 0.05) is 30.8 Å². The molecule has 0 saturated heterocycles. The SMILES string of the molecule is Cn1c2nc(CC(=N)/C=C\N)sc2c2cnn(Cc3n[nH]cc3C(N)=O)c(=O)c21. The molecule has 0 bridgehead atoms. The van der Waals surface area contributed by atoms with Crippen LogP contribution in [0.3, 0.4) is 0 Å². The molecule has 29 heavy (non-hydrogen) atoms. The number of hydrogen-bond donors (Lipinski definition) is 4. The Labute approximate surface area is 167 Å². The molecule has 148 valence electrons. The summed E-state index contributed by atoms with van der Waals surface area (Å²) in [5, 5.41) is 20.1. The molecule has 0 unspecified atom stereocenters. The minimum Gasteiger partial charge on any atom is -0.405 e. The van der Waals surface area contributed by atoms with Gasteiger partial charge in [-0.2, -0.15) is 10.2 Å². The van der Waals surface area contributed by atoms with Crippen molar-refractivity contribution in [2.75, 3.05) is 0 Å². The van der Waals surface area contributed by atoms with Gasteiger partial charge >= 0.3 is 0 Å². The number of carbonyl (C=O) groups is 1. The molecule has 0 aliphatic rings. The third kappa shape index (κ3) is 3.08. The molecule has 0 aromatic carbocycles. The first-order chi connectivity index (χ1) is 13.9. The quantitative estimate of drug-likeness (QED) is 0.331. The number of H-pyrrole nitrogens is 1. The third-order valence-corrected chi connectivity index (χ3v) is 5.57. The van der Waals surface area contributed by atoms with Crippen LogP contribution in [0.1, 0.15) is 21.1 Å². The van der Waals surface area contributed by atoms with Crippen LogP contribution >= 0.6 is 11.3 Å². The van der Waals surface area contributed by atoms with Crippen LogP contribution < -0.4 is 17.0 Å². The van der Waals surface area contributed by atoms with Gasteiger partial charge in [-0.1, -0.05) is 0 Å². The van der Waals surface area contributed by atoms with Crippen molar-refractivity contribution in [3.8, 4) is 0 Å². The molecule has 0 aliphatic carbocycles. The molecule has 0 spiro atoms. The van der Waals surface area contributed by atoms with E-state index >= 15 is 0 Å². The molecule has 1 amide bonds. The number of thiazole rings is 1. The van der Waals surface area contributed by atoms with E-state index in [0.717, 1.165) is 9.71 Å². The van der Waals surface area contributed by atoms with Crippen LogP contribution in [0.25, 0.3) is 21.3 Å². The van der Waals surface area contributed by atoms with Gasteiger partial charge in [-0.3, -0.25) is 14.7 Å². The molecule has 4 heterocycles. The number of nitrogens with two attached hydrogens (primary N) is 2. The molecule has 6 N–H and O–H groups in total. The van der Waals surface area contributed by atoms with Gasteiger partial charge in [0.15, 0.2) is 5.65 Å². The van der Waals surface area contributed by atoms with Gasteiger partial charge in [-0.25, -0.2) is 9.67 Å². The number of rotatable bonds is 6. The summed E-state index contributed by atoms with van der Waals surface area (Å²) in [6, 6.07) is 0. The Bertz CT molecular complexity index is 1350. The first kappa shape index (κ1) is 18.6. The topological polar surface area (TPSA) is 174 Å². The lowest BCUT2D eigenvalue weighted by molar-refractivity contribution is 0.0999. The molecular formula is C17H17N9O2S. The number of fused-ring (bicyclic) bond motifs is 3. The number of aryl methyl sites for hydroxylation is 1. The first-order valence-corrected chi connectivity index (χ1v) is 9.34. The second-order valence-corrected chi connectivity index (χ2v) is 7.44. The van der Waals surface area contributed by atoms with Gasteiger partial charge < -0.3 is 21.4 Å². The van der Waals surface area contributed by atoms with Gasteiger partial charge in [0.2, 0.25) is 0 Å². The van der Waals surface area contributed by atoms with E-state index in [-0.39, 0.29) is 17.7 Å². The van der Waals surface area contributed by atoms with Crippen molar-refractivity contribution in [1.82, 2.24) is 29.5 Å². The minimum absolute atomic E-state index is 0.0106. The Hall–Kier alpha value is -3.80. The van der Waals surface area contributed by atoms with Crippen LogP contribution in [-0.4, -0.2) is 41.1 Å². The maximum Gasteiger partial charge on any atom is 0.291 e. The smallest absolute Gasteiger partial charge is 0.291 e. The van der Waals surface area contributed by atoms with E-state index in [1.807, 2.05) is 0 Å². The molecule has 12 heteroatoms. The summed E-state index contributed by atoms with van der Waals surface area (Å²) >= 11 is 1.41. The maximum absolute atomic E-state index is 13.0. The number of allylic oxidation sites excluding steroid dienone is 1. The Morgan fingerprint density at radius 3 is 2.97 bits per heavy atom. The van der Waals surface area contributed by atoms with Gasteiger partial charge in [-0.05, 0) is 12.3 Å². The van der Waals surface area contributed by atoms with Crippen molar-refractivity contribution in [1.29, 1.82) is 5.41 Å². The summed E-state index contributed by atoms with van der Waals surface area (Å²) in [5.74, 6) is -0.631. The van der Waals surface area contributed by atoms with Gasteiger partial charge in [0.1, 0.15) is 10.5 Å². The van der Waals surface area contributed by atoms with E-state index in [9.17, 15) is 9.59 Å². The molecule has 0 aliphatic heterocycles. The van der Waals surface area contributed by atoms with Gasteiger partial charge in [-0.15, -0.1) is 11.3 Å². The van der Waals surface area contributed by atoms with E-state index < -0.39 is 5.91 Å². The van der Waals surface area contributed by atoms with E-state index in [1.54, 1.807) is 17.8 Å². The van der Waals surface area contributed by atoms with Gasteiger partial charge in [0.05, 0.1) is 28.7 Å². The number of aromatic amines is 1. The summed E-state index contributed by atoms with van der Waals surface area (Å²) in [4.78, 5) is 29.1. The maximum atomic E-state index is 13.0. The molecule has 11 nitrogen and oxygen atoms in total. The van der Waals surface area contributed by atoms with Crippen molar-refractivity contribution in [2.24, 2.45) is 18.5 Å². The van der Waals surface area contributed by atoms with Crippen LogP contribution in [0.15, 0.2) is 29.5 Å². The molecule has 0 radical (unpaired) electrons. The lowest BCUT2D eigenvalue weighted by Gasteiger charge is -2.04. The Morgan fingerprint density at radius 1 is 1.45 bits per heavy atom. The fourth-order valence-corrected chi connectivity index (χ4v) is 4.28. The van der Waals surface area contributed by atoms with Crippen LogP contribution in [0.4, 0.5) is 0 Å². The molecule has 4 aromatic rings. The Morgan fingerprint density at radius 2 is 2.24 bits per heavy atom. The monoisotopic (exact) mass is 411 g/mol. The number of primary amides is 1. The first-order valence-electron chi connectivity index (χ1n) is 8.52. The average molecular weight is 411 g/mol. The van der Waals surface area contributed by atoms with Crippen molar-refractivity contribution < 1.29 is 4.79 Å². The zero-order chi connectivity index (χ0) is 20.7. The highest BCUT2D eigenvalue weighted by atomic mass is 32.1. The lowest BCUT2D eigenvalue weighted by atomic mass is 10.2. The number of nitrogens with one attached hydrogen (secondary N) is 2. The Kier molecular flexibility index (Phi) is 4.47.